The summed E-state index contributed by atoms with van der Waals surface area (Å²) in [5.74, 6) is 0. The zero-order valence-electron chi connectivity index (χ0n) is 8.72. The largest absolute Gasteiger partial charge is 0.396 e. The first-order chi connectivity index (χ1) is 6.91. The molecule has 3 heteroatoms. The van der Waals surface area contributed by atoms with Gasteiger partial charge >= 0.3 is 0 Å². The fraction of sp³-hybridized carbons (Fsp3) is 0.455. The van der Waals surface area contributed by atoms with Gasteiger partial charge in [-0.1, -0.05) is 25.8 Å². The molecule has 14 heavy (non-hydrogen) atoms. The first kappa shape index (κ1) is 12.6. The Balaban J connectivity index is 0.000000249. The van der Waals surface area contributed by atoms with Gasteiger partial charge in [-0.05, 0) is 18.6 Å². The van der Waals surface area contributed by atoms with Gasteiger partial charge in [-0.3, -0.25) is 4.98 Å². The smallest absolute Gasteiger partial charge is 0.117 e. The molecule has 0 atom stereocenters. The minimum atomic E-state index is 0.720. The van der Waals surface area contributed by atoms with Gasteiger partial charge in [0.2, 0.25) is 0 Å². The lowest BCUT2D eigenvalue weighted by molar-refractivity contribution is 0.142. The zero-order valence-corrected chi connectivity index (χ0v) is 8.72. The molecule has 0 aromatic carbocycles. The molecule has 1 aromatic rings. The van der Waals surface area contributed by atoms with Crippen LogP contribution in [0.4, 0.5) is 0 Å². The van der Waals surface area contributed by atoms with Crippen molar-refractivity contribution in [3.8, 4) is 0 Å². The number of oxime groups is 1. The van der Waals surface area contributed by atoms with Crippen LogP contribution in [0, 0.1) is 0 Å². The fourth-order valence-corrected chi connectivity index (χ4v) is 0.794. The van der Waals surface area contributed by atoms with Crippen LogP contribution in [0.15, 0.2) is 35.7 Å². The van der Waals surface area contributed by atoms with Crippen LogP contribution in [0.1, 0.15) is 26.2 Å². The van der Waals surface area contributed by atoms with Crippen molar-refractivity contribution in [1.29, 1.82) is 0 Å². The van der Waals surface area contributed by atoms with E-state index in [1.165, 1.54) is 12.8 Å². The van der Waals surface area contributed by atoms with E-state index in [0.717, 1.165) is 13.0 Å². The number of hydrogen-bond acceptors (Lipinski definition) is 3. The third-order valence-electron chi connectivity index (χ3n) is 1.50. The monoisotopic (exact) mass is 194 g/mol. The molecular weight excluding hydrogens is 176 g/mol. The molecule has 0 bridgehead atoms. The summed E-state index contributed by atoms with van der Waals surface area (Å²) in [4.78, 5) is 8.43. The standard InChI is InChI=1S/C6H13NO.C5H5N/c1-3-4-5-6-8-7-2;1-2-4-6-5-3-1/h2-6H2,1H3;1-5H. The second kappa shape index (κ2) is 11.6. The van der Waals surface area contributed by atoms with Crippen molar-refractivity contribution in [3.63, 3.8) is 0 Å². The van der Waals surface area contributed by atoms with Gasteiger partial charge in [0.05, 0.1) is 0 Å². The lowest BCUT2D eigenvalue weighted by atomic mass is 10.3. The Hall–Kier alpha value is -1.38. The van der Waals surface area contributed by atoms with Crippen LogP contribution in [0.25, 0.3) is 0 Å². The van der Waals surface area contributed by atoms with Crippen LogP contribution in [-0.4, -0.2) is 18.3 Å². The molecule has 0 saturated carbocycles. The van der Waals surface area contributed by atoms with Crippen molar-refractivity contribution in [3.05, 3.63) is 30.6 Å². The van der Waals surface area contributed by atoms with Crippen LogP contribution in [-0.2, 0) is 4.84 Å². The van der Waals surface area contributed by atoms with E-state index >= 15 is 0 Å². The molecule has 1 rings (SSSR count). The molecule has 0 aliphatic rings. The molecule has 0 fully saturated rings. The molecule has 3 nitrogen and oxygen atoms in total. The second-order valence-electron chi connectivity index (χ2n) is 2.69. The molecule has 0 unspecified atom stereocenters. The van der Waals surface area contributed by atoms with Crippen molar-refractivity contribution in [2.75, 3.05) is 6.61 Å². The Kier molecular flexibility index (Phi) is 10.5. The second-order valence-corrected chi connectivity index (χ2v) is 2.69. The Morgan fingerprint density at radius 1 is 1.21 bits per heavy atom. The summed E-state index contributed by atoms with van der Waals surface area (Å²) >= 11 is 0. The zero-order chi connectivity index (χ0) is 10.5. The molecule has 78 valence electrons. The summed E-state index contributed by atoms with van der Waals surface area (Å²) in [5.41, 5.74) is 0. The maximum atomic E-state index is 4.65. The Morgan fingerprint density at radius 3 is 2.29 bits per heavy atom. The molecule has 0 N–H and O–H groups in total. The van der Waals surface area contributed by atoms with E-state index in [-0.39, 0.29) is 0 Å². The van der Waals surface area contributed by atoms with Crippen molar-refractivity contribution < 1.29 is 4.84 Å². The van der Waals surface area contributed by atoms with Crippen molar-refractivity contribution in [2.24, 2.45) is 5.16 Å². The molecular formula is C11H18N2O. The van der Waals surface area contributed by atoms with Crippen LogP contribution < -0.4 is 0 Å². The van der Waals surface area contributed by atoms with Gasteiger partial charge in [0.1, 0.15) is 6.61 Å². The first-order valence-corrected chi connectivity index (χ1v) is 4.84. The number of nitrogens with zero attached hydrogens (tertiary/aromatic N) is 2. The average molecular weight is 194 g/mol. The molecule has 1 aromatic heterocycles. The molecule has 0 radical (unpaired) electrons. The van der Waals surface area contributed by atoms with Crippen LogP contribution in [0.3, 0.4) is 0 Å². The average Bonchev–Trinajstić information content (AvgIpc) is 2.28. The number of rotatable bonds is 5. The maximum Gasteiger partial charge on any atom is 0.117 e. The summed E-state index contributed by atoms with van der Waals surface area (Å²) in [7, 11) is 0. The van der Waals surface area contributed by atoms with Gasteiger partial charge < -0.3 is 4.84 Å². The molecule has 0 saturated heterocycles. The molecule has 0 aliphatic heterocycles. The normalized spacial score (nSPS) is 8.36. The Morgan fingerprint density at radius 2 is 1.93 bits per heavy atom. The van der Waals surface area contributed by atoms with E-state index in [0.29, 0.717) is 0 Å². The Bertz CT molecular complexity index is 175. The predicted octanol–water partition coefficient (Wildman–Crippen LogP) is 2.89. The highest BCUT2D eigenvalue weighted by molar-refractivity contribution is 5.21. The SMILES string of the molecule is C=NOCCCCC.c1ccncc1. The summed E-state index contributed by atoms with van der Waals surface area (Å²) in [6, 6.07) is 5.72. The third kappa shape index (κ3) is 10.6. The van der Waals surface area contributed by atoms with E-state index in [9.17, 15) is 0 Å². The number of pyridine rings is 1. The van der Waals surface area contributed by atoms with Gasteiger partial charge in [0.15, 0.2) is 0 Å². The summed E-state index contributed by atoms with van der Waals surface area (Å²) in [6.07, 6.45) is 7.03. The molecule has 0 amide bonds. The molecule has 0 spiro atoms. The third-order valence-corrected chi connectivity index (χ3v) is 1.50. The fourth-order valence-electron chi connectivity index (χ4n) is 0.794. The predicted molar refractivity (Wildman–Crippen MR) is 59.3 cm³/mol. The molecule has 0 aliphatic carbocycles. The summed E-state index contributed by atoms with van der Waals surface area (Å²) in [5, 5.41) is 3.26. The summed E-state index contributed by atoms with van der Waals surface area (Å²) in [6.45, 7) is 6.06. The van der Waals surface area contributed by atoms with Gasteiger partial charge in [-0.25, -0.2) is 0 Å². The van der Waals surface area contributed by atoms with Gasteiger partial charge in [0.25, 0.3) is 0 Å². The van der Waals surface area contributed by atoms with E-state index in [1.54, 1.807) is 12.4 Å². The maximum absolute atomic E-state index is 4.65. The number of hydrogen-bond donors (Lipinski definition) is 0. The minimum absolute atomic E-state index is 0.720. The number of unbranched alkanes of at least 4 members (excludes halogenated alkanes) is 2. The molecule has 1 heterocycles. The quantitative estimate of drug-likeness (QED) is 0.410. The number of aromatic nitrogens is 1. The lowest BCUT2D eigenvalue weighted by Crippen LogP contribution is -1.85. The van der Waals surface area contributed by atoms with E-state index in [4.69, 9.17) is 0 Å². The van der Waals surface area contributed by atoms with Crippen molar-refractivity contribution in [2.45, 2.75) is 26.2 Å². The minimum Gasteiger partial charge on any atom is -0.396 e. The van der Waals surface area contributed by atoms with Crippen molar-refractivity contribution in [1.82, 2.24) is 4.98 Å². The van der Waals surface area contributed by atoms with E-state index in [2.05, 4.69) is 28.6 Å². The lowest BCUT2D eigenvalue weighted by Gasteiger charge is -1.94. The van der Waals surface area contributed by atoms with Crippen LogP contribution >= 0.6 is 0 Å². The topological polar surface area (TPSA) is 34.5 Å². The first-order valence-electron chi connectivity index (χ1n) is 4.84. The van der Waals surface area contributed by atoms with Gasteiger partial charge in [-0.2, -0.15) is 0 Å². The van der Waals surface area contributed by atoms with E-state index < -0.39 is 0 Å². The highest BCUT2D eigenvalue weighted by atomic mass is 16.6. The van der Waals surface area contributed by atoms with E-state index in [1.807, 2.05) is 18.2 Å². The van der Waals surface area contributed by atoms with Gasteiger partial charge in [-0.15, -0.1) is 5.16 Å². The highest BCUT2D eigenvalue weighted by Crippen LogP contribution is 1.93. The van der Waals surface area contributed by atoms with Crippen LogP contribution in [0.2, 0.25) is 0 Å². The van der Waals surface area contributed by atoms with Crippen LogP contribution in [0.5, 0.6) is 0 Å². The van der Waals surface area contributed by atoms with Crippen molar-refractivity contribution >= 4 is 6.72 Å². The van der Waals surface area contributed by atoms with Gasteiger partial charge in [0, 0.05) is 19.1 Å². The highest BCUT2D eigenvalue weighted by Gasteiger charge is 1.82. The Labute approximate surface area is 85.8 Å². The summed E-state index contributed by atoms with van der Waals surface area (Å²) < 4.78 is 0.